The molecule has 1 saturated carbocycles. The number of nitrogens with zero attached hydrogens (tertiary/aromatic N) is 2. The molecular formula is C20H22F3N5O2. The van der Waals surface area contributed by atoms with Crippen LogP contribution < -0.4 is 10.6 Å². The number of urea groups is 1. The van der Waals surface area contributed by atoms with E-state index in [4.69, 9.17) is 0 Å². The maximum absolute atomic E-state index is 12.4. The lowest BCUT2D eigenvalue weighted by molar-refractivity contribution is -0.123. The van der Waals surface area contributed by atoms with E-state index in [-0.39, 0.29) is 30.8 Å². The number of fused-ring (bicyclic) bond motifs is 1. The summed E-state index contributed by atoms with van der Waals surface area (Å²) in [5.74, 6) is 0.349. The van der Waals surface area contributed by atoms with E-state index in [1.807, 2.05) is 30.4 Å². The first-order valence-corrected chi connectivity index (χ1v) is 9.80. The molecule has 1 aliphatic carbocycles. The summed E-state index contributed by atoms with van der Waals surface area (Å²) in [6, 6.07) is 2.96. The minimum absolute atomic E-state index is 0.0439. The van der Waals surface area contributed by atoms with Crippen LogP contribution in [0, 0.1) is 11.8 Å². The number of aromatic amines is 1. The molecule has 4 rings (SSSR count). The second-order valence-electron chi connectivity index (χ2n) is 7.80. The highest BCUT2D eigenvalue weighted by molar-refractivity contribution is 5.97. The van der Waals surface area contributed by atoms with E-state index in [1.54, 1.807) is 6.20 Å². The van der Waals surface area contributed by atoms with E-state index in [9.17, 15) is 22.8 Å². The van der Waals surface area contributed by atoms with Gasteiger partial charge in [-0.15, -0.1) is 0 Å². The summed E-state index contributed by atoms with van der Waals surface area (Å²) in [5, 5.41) is 5.65. The number of hydrogen-bond donors (Lipinski definition) is 3. The summed E-state index contributed by atoms with van der Waals surface area (Å²) in [6.07, 6.45) is 0.931. The van der Waals surface area contributed by atoms with Gasteiger partial charge in [-0.1, -0.05) is 13.0 Å². The minimum Gasteiger partial charge on any atom is -0.346 e. The summed E-state index contributed by atoms with van der Waals surface area (Å²) in [4.78, 5) is 33.1. The van der Waals surface area contributed by atoms with Gasteiger partial charge in [0.15, 0.2) is 0 Å². The van der Waals surface area contributed by atoms with Crippen LogP contribution in [-0.2, 0) is 4.79 Å². The Balaban J connectivity index is 1.55. The van der Waals surface area contributed by atoms with Crippen molar-refractivity contribution in [2.45, 2.75) is 25.9 Å². The van der Waals surface area contributed by atoms with Crippen molar-refractivity contribution in [3.05, 3.63) is 30.0 Å². The van der Waals surface area contributed by atoms with Crippen molar-refractivity contribution in [2.75, 3.05) is 25.0 Å². The number of amides is 3. The second-order valence-corrected chi connectivity index (χ2v) is 7.80. The van der Waals surface area contributed by atoms with Crippen molar-refractivity contribution < 1.29 is 22.8 Å². The molecule has 3 N–H and O–H groups in total. The lowest BCUT2D eigenvalue weighted by Crippen LogP contribution is -2.46. The van der Waals surface area contributed by atoms with Crippen LogP contribution in [0.5, 0.6) is 0 Å². The fraction of sp³-hybridized carbons (Fsp3) is 0.450. The van der Waals surface area contributed by atoms with E-state index in [0.717, 1.165) is 29.4 Å². The first kappa shape index (κ1) is 20.2. The molecular weight excluding hydrogens is 399 g/mol. The molecule has 2 aromatic rings. The SMILES string of the molecule is CC1CN(C(=O)NCC(F)(F)F)CC=C1c1cc(NC(=O)C2CC2)nc2[nH]ccc12. The van der Waals surface area contributed by atoms with Crippen molar-refractivity contribution >= 4 is 34.4 Å². The van der Waals surface area contributed by atoms with Gasteiger partial charge in [0.1, 0.15) is 18.0 Å². The number of alkyl halides is 3. The minimum atomic E-state index is -4.45. The van der Waals surface area contributed by atoms with Gasteiger partial charge in [-0.2, -0.15) is 13.2 Å². The van der Waals surface area contributed by atoms with Gasteiger partial charge in [0.25, 0.3) is 0 Å². The lowest BCUT2D eigenvalue weighted by atomic mass is 9.89. The third-order valence-corrected chi connectivity index (χ3v) is 5.32. The molecule has 1 aliphatic heterocycles. The number of anilines is 1. The molecule has 3 amide bonds. The number of halogens is 3. The van der Waals surface area contributed by atoms with Crippen LogP contribution in [0.4, 0.5) is 23.8 Å². The van der Waals surface area contributed by atoms with Gasteiger partial charge >= 0.3 is 12.2 Å². The van der Waals surface area contributed by atoms with Crippen molar-refractivity contribution in [1.82, 2.24) is 20.2 Å². The Morgan fingerprint density at radius 3 is 2.77 bits per heavy atom. The predicted molar refractivity (Wildman–Crippen MR) is 106 cm³/mol. The van der Waals surface area contributed by atoms with Crippen molar-refractivity contribution in [1.29, 1.82) is 0 Å². The summed E-state index contributed by atoms with van der Waals surface area (Å²) < 4.78 is 37.1. The number of hydrogen-bond acceptors (Lipinski definition) is 3. The number of H-pyrrole nitrogens is 1. The van der Waals surface area contributed by atoms with Gasteiger partial charge in [-0.3, -0.25) is 4.79 Å². The quantitative estimate of drug-likeness (QED) is 0.706. The molecule has 7 nitrogen and oxygen atoms in total. The smallest absolute Gasteiger partial charge is 0.346 e. The molecule has 0 radical (unpaired) electrons. The van der Waals surface area contributed by atoms with E-state index in [0.29, 0.717) is 11.5 Å². The van der Waals surface area contributed by atoms with Gasteiger partial charge in [0.05, 0.1) is 0 Å². The van der Waals surface area contributed by atoms with Gasteiger partial charge < -0.3 is 20.5 Å². The van der Waals surface area contributed by atoms with E-state index >= 15 is 0 Å². The third-order valence-electron chi connectivity index (χ3n) is 5.32. The largest absolute Gasteiger partial charge is 0.405 e. The highest BCUT2D eigenvalue weighted by Gasteiger charge is 2.32. The van der Waals surface area contributed by atoms with E-state index < -0.39 is 18.8 Å². The lowest BCUT2D eigenvalue weighted by Gasteiger charge is -2.32. The third kappa shape index (κ3) is 4.42. The topological polar surface area (TPSA) is 90.1 Å². The zero-order chi connectivity index (χ0) is 21.5. The molecule has 0 bridgehead atoms. The van der Waals surface area contributed by atoms with Crippen LogP contribution in [0.2, 0.25) is 0 Å². The molecule has 3 heterocycles. The summed E-state index contributed by atoms with van der Waals surface area (Å²) >= 11 is 0. The van der Waals surface area contributed by atoms with Crippen LogP contribution in [0.1, 0.15) is 25.3 Å². The Labute approximate surface area is 170 Å². The van der Waals surface area contributed by atoms with Crippen molar-refractivity contribution in [2.24, 2.45) is 11.8 Å². The van der Waals surface area contributed by atoms with Gasteiger partial charge in [-0.05, 0) is 42.0 Å². The molecule has 0 saturated heterocycles. The Kier molecular flexibility index (Phi) is 5.17. The predicted octanol–water partition coefficient (Wildman–Crippen LogP) is 3.52. The number of carbonyl (C=O) groups is 2. The average Bonchev–Trinajstić information content (AvgIpc) is 3.43. The molecule has 2 aliphatic rings. The standard InChI is InChI=1S/C20H22F3N5O2/c1-11-9-28(19(30)25-10-20(21,22)23)7-5-13(11)15-8-16(27-18(29)12-2-3-12)26-17-14(15)4-6-24-17/h4-6,8,11-12H,2-3,7,9-10H2,1H3,(H,25,30)(H2,24,26,27,29). The Hall–Kier alpha value is -3.04. The maximum atomic E-state index is 12.4. The molecule has 10 heteroatoms. The molecule has 1 fully saturated rings. The first-order valence-electron chi connectivity index (χ1n) is 9.80. The van der Waals surface area contributed by atoms with Crippen molar-refractivity contribution in [3.8, 4) is 0 Å². The fourth-order valence-corrected chi connectivity index (χ4v) is 3.66. The highest BCUT2D eigenvalue weighted by atomic mass is 19.4. The number of aromatic nitrogens is 2. The monoisotopic (exact) mass is 421 g/mol. The first-order chi connectivity index (χ1) is 14.2. The number of carbonyl (C=O) groups excluding carboxylic acids is 2. The Morgan fingerprint density at radius 1 is 1.33 bits per heavy atom. The van der Waals surface area contributed by atoms with E-state index in [2.05, 4.69) is 15.3 Å². The zero-order valence-corrected chi connectivity index (χ0v) is 16.3. The Morgan fingerprint density at radius 2 is 2.10 bits per heavy atom. The van der Waals surface area contributed by atoms with Gasteiger partial charge in [0, 0.05) is 30.6 Å². The Bertz CT molecular complexity index is 1010. The summed E-state index contributed by atoms with van der Waals surface area (Å²) in [7, 11) is 0. The van der Waals surface area contributed by atoms with Crippen LogP contribution in [-0.4, -0.2) is 52.6 Å². The fourth-order valence-electron chi connectivity index (χ4n) is 3.66. The number of pyridine rings is 1. The molecule has 2 aromatic heterocycles. The van der Waals surface area contributed by atoms with Crippen LogP contribution in [0.25, 0.3) is 16.6 Å². The number of rotatable bonds is 4. The molecule has 1 unspecified atom stereocenters. The molecule has 0 aromatic carbocycles. The summed E-state index contributed by atoms with van der Waals surface area (Å²) in [5.41, 5.74) is 2.48. The van der Waals surface area contributed by atoms with Crippen LogP contribution >= 0.6 is 0 Å². The average molecular weight is 421 g/mol. The van der Waals surface area contributed by atoms with Gasteiger partial charge in [0.2, 0.25) is 5.91 Å². The second kappa shape index (κ2) is 7.66. The summed E-state index contributed by atoms with van der Waals surface area (Å²) in [6.45, 7) is 1.04. The van der Waals surface area contributed by atoms with Crippen molar-refractivity contribution in [3.63, 3.8) is 0 Å². The number of nitrogens with one attached hydrogen (secondary N) is 3. The van der Waals surface area contributed by atoms with E-state index in [1.165, 1.54) is 4.90 Å². The molecule has 30 heavy (non-hydrogen) atoms. The molecule has 160 valence electrons. The highest BCUT2D eigenvalue weighted by Crippen LogP contribution is 2.35. The molecule has 1 atom stereocenters. The molecule has 0 spiro atoms. The van der Waals surface area contributed by atoms with Crippen LogP contribution in [0.15, 0.2) is 24.4 Å². The van der Waals surface area contributed by atoms with Crippen LogP contribution in [0.3, 0.4) is 0 Å². The van der Waals surface area contributed by atoms with Gasteiger partial charge in [-0.25, -0.2) is 9.78 Å². The maximum Gasteiger partial charge on any atom is 0.405 e. The zero-order valence-electron chi connectivity index (χ0n) is 16.3. The normalized spacial score (nSPS) is 19.5.